The van der Waals surface area contributed by atoms with Gasteiger partial charge in [0.05, 0.1) is 12.1 Å². The molecule has 0 fully saturated rings. The largest absolute Gasteiger partial charge is 0.336 e. The smallest absolute Gasteiger partial charge is 0.335 e. The number of carbonyl (C=O) groups is 1. The van der Waals surface area contributed by atoms with Gasteiger partial charge >= 0.3 is 5.97 Å². The number of hydrogen-bond acceptors (Lipinski definition) is 3. The highest BCUT2D eigenvalue weighted by Crippen LogP contribution is 2.03. The lowest BCUT2D eigenvalue weighted by atomic mass is 10.1. The van der Waals surface area contributed by atoms with E-state index >= 15 is 0 Å². The van der Waals surface area contributed by atoms with Crippen LogP contribution in [0.4, 0.5) is 0 Å². The molecule has 1 atom stereocenters. The summed E-state index contributed by atoms with van der Waals surface area (Å²) >= 11 is 0. The number of rotatable bonds is 4. The van der Waals surface area contributed by atoms with Crippen molar-refractivity contribution in [1.29, 1.82) is 0 Å². The van der Waals surface area contributed by atoms with Gasteiger partial charge in [0.2, 0.25) is 0 Å². The minimum Gasteiger partial charge on any atom is -0.335 e. The quantitative estimate of drug-likeness (QED) is 0.680. The zero-order valence-electron chi connectivity index (χ0n) is 8.43. The minimum absolute atomic E-state index is 0.172. The van der Waals surface area contributed by atoms with Crippen molar-refractivity contribution in [3.63, 3.8) is 0 Å². The van der Waals surface area contributed by atoms with Crippen LogP contribution in [0.15, 0.2) is 25.0 Å². The lowest BCUT2D eigenvalue weighted by Crippen LogP contribution is -2.25. The Labute approximate surface area is 83.2 Å². The third kappa shape index (κ3) is 2.45. The molecular formula is C10H14N2O2. The van der Waals surface area contributed by atoms with Gasteiger partial charge in [0.15, 0.2) is 0 Å². The molecule has 0 amide bonds. The number of carbonyl (C=O) groups excluding carboxylic acids is 1. The third-order valence-corrected chi connectivity index (χ3v) is 1.89. The van der Waals surface area contributed by atoms with Crippen molar-refractivity contribution in [2.75, 3.05) is 0 Å². The Morgan fingerprint density at radius 1 is 1.86 bits per heavy atom. The number of aryl methyl sites for hydroxylation is 1. The van der Waals surface area contributed by atoms with Crippen molar-refractivity contribution in [2.45, 2.75) is 20.3 Å². The molecule has 0 aliphatic rings. The van der Waals surface area contributed by atoms with Gasteiger partial charge in [-0.1, -0.05) is 13.0 Å². The zero-order chi connectivity index (χ0) is 10.6. The van der Waals surface area contributed by atoms with Crippen LogP contribution in [0.1, 0.15) is 19.2 Å². The average molecular weight is 194 g/mol. The molecule has 0 aliphatic carbocycles. The van der Waals surface area contributed by atoms with E-state index in [9.17, 15) is 4.79 Å². The second kappa shape index (κ2) is 4.60. The minimum atomic E-state index is -0.272. The molecule has 1 heterocycles. The van der Waals surface area contributed by atoms with Crippen LogP contribution in [0.2, 0.25) is 0 Å². The van der Waals surface area contributed by atoms with Crippen LogP contribution >= 0.6 is 0 Å². The maximum absolute atomic E-state index is 11.4. The van der Waals surface area contributed by atoms with Gasteiger partial charge in [-0.2, -0.15) is 4.73 Å². The van der Waals surface area contributed by atoms with Gasteiger partial charge in [-0.15, -0.1) is 6.58 Å². The average Bonchev–Trinajstić information content (AvgIpc) is 2.52. The molecule has 0 aromatic carbocycles. The Morgan fingerprint density at radius 3 is 3.07 bits per heavy atom. The highest BCUT2D eigenvalue weighted by atomic mass is 16.7. The molecular weight excluding hydrogens is 180 g/mol. The number of hydrogen-bond donors (Lipinski definition) is 0. The normalized spacial score (nSPS) is 12.1. The van der Waals surface area contributed by atoms with Crippen LogP contribution in [0.3, 0.4) is 0 Å². The summed E-state index contributed by atoms with van der Waals surface area (Å²) in [5.74, 6) is 0.212. The van der Waals surface area contributed by atoms with Crippen molar-refractivity contribution < 1.29 is 9.63 Å². The van der Waals surface area contributed by atoms with Gasteiger partial charge in [0.1, 0.15) is 5.82 Å². The maximum Gasteiger partial charge on any atom is 0.336 e. The van der Waals surface area contributed by atoms with E-state index in [0.29, 0.717) is 12.2 Å². The maximum atomic E-state index is 11.4. The van der Waals surface area contributed by atoms with Crippen LogP contribution < -0.4 is 4.84 Å². The Hall–Kier alpha value is -1.58. The first-order valence-electron chi connectivity index (χ1n) is 4.48. The summed E-state index contributed by atoms with van der Waals surface area (Å²) in [6, 6.07) is 0. The highest BCUT2D eigenvalue weighted by Gasteiger charge is 2.14. The van der Waals surface area contributed by atoms with Crippen LogP contribution in [-0.2, 0) is 4.79 Å². The molecule has 0 N–H and O–H groups in total. The molecule has 4 nitrogen and oxygen atoms in total. The van der Waals surface area contributed by atoms with Gasteiger partial charge < -0.3 is 4.84 Å². The first-order chi connectivity index (χ1) is 6.65. The topological polar surface area (TPSA) is 44.1 Å². The van der Waals surface area contributed by atoms with Gasteiger partial charge in [-0.05, 0) is 13.3 Å². The first-order valence-corrected chi connectivity index (χ1v) is 4.48. The number of aromatic nitrogens is 2. The van der Waals surface area contributed by atoms with E-state index in [1.165, 1.54) is 4.73 Å². The Kier molecular flexibility index (Phi) is 3.45. The first kappa shape index (κ1) is 10.5. The molecule has 76 valence electrons. The monoisotopic (exact) mass is 194 g/mol. The van der Waals surface area contributed by atoms with Crippen molar-refractivity contribution in [3.05, 3.63) is 30.9 Å². The molecule has 4 heteroatoms. The highest BCUT2D eigenvalue weighted by molar-refractivity contribution is 5.72. The summed E-state index contributed by atoms with van der Waals surface area (Å²) in [5.41, 5.74) is 0. The van der Waals surface area contributed by atoms with Crippen molar-refractivity contribution in [3.8, 4) is 0 Å². The summed E-state index contributed by atoms with van der Waals surface area (Å²) in [6.07, 6.45) is 5.51. The molecule has 0 aliphatic heterocycles. The van der Waals surface area contributed by atoms with Gasteiger partial charge in [0, 0.05) is 6.20 Å². The predicted octanol–water partition coefficient (Wildman–Crippen LogP) is 1.36. The van der Waals surface area contributed by atoms with E-state index in [4.69, 9.17) is 4.84 Å². The fraction of sp³-hybridized carbons (Fsp3) is 0.400. The van der Waals surface area contributed by atoms with E-state index in [1.807, 2.05) is 0 Å². The number of imidazole rings is 1. The van der Waals surface area contributed by atoms with E-state index in [-0.39, 0.29) is 11.9 Å². The zero-order valence-corrected chi connectivity index (χ0v) is 8.43. The van der Waals surface area contributed by atoms with Crippen LogP contribution in [0.5, 0.6) is 0 Å². The lowest BCUT2D eigenvalue weighted by Gasteiger charge is -2.09. The fourth-order valence-corrected chi connectivity index (χ4v) is 0.996. The summed E-state index contributed by atoms with van der Waals surface area (Å²) in [4.78, 5) is 20.4. The molecule has 0 saturated carbocycles. The van der Waals surface area contributed by atoms with E-state index < -0.39 is 0 Å². The van der Waals surface area contributed by atoms with Crippen molar-refractivity contribution in [2.24, 2.45) is 5.92 Å². The van der Waals surface area contributed by atoms with Crippen molar-refractivity contribution >= 4 is 5.97 Å². The number of allylic oxidation sites excluding steroid dienone is 1. The van der Waals surface area contributed by atoms with Crippen LogP contribution in [0, 0.1) is 12.8 Å². The summed E-state index contributed by atoms with van der Waals surface area (Å²) < 4.78 is 1.36. The lowest BCUT2D eigenvalue weighted by molar-refractivity contribution is -0.148. The molecule has 1 aromatic heterocycles. The number of nitrogens with zero attached hydrogens (tertiary/aromatic N) is 2. The molecule has 0 bridgehead atoms. The molecule has 14 heavy (non-hydrogen) atoms. The van der Waals surface area contributed by atoms with E-state index in [0.717, 1.165) is 0 Å². The van der Waals surface area contributed by atoms with Crippen LogP contribution in [0.25, 0.3) is 0 Å². The Morgan fingerprint density at radius 2 is 2.57 bits per heavy atom. The molecule has 1 aromatic rings. The second-order valence-electron chi connectivity index (χ2n) is 3.14. The summed E-state index contributed by atoms with van der Waals surface area (Å²) in [6.45, 7) is 7.14. The molecule has 0 saturated heterocycles. The molecule has 1 unspecified atom stereocenters. The second-order valence-corrected chi connectivity index (χ2v) is 3.14. The summed E-state index contributed by atoms with van der Waals surface area (Å²) in [5, 5.41) is 0. The van der Waals surface area contributed by atoms with Crippen LogP contribution in [-0.4, -0.2) is 15.7 Å². The van der Waals surface area contributed by atoms with Gasteiger partial charge in [-0.3, -0.25) is 0 Å². The third-order valence-electron chi connectivity index (χ3n) is 1.89. The van der Waals surface area contributed by atoms with Gasteiger partial charge in [0.25, 0.3) is 0 Å². The van der Waals surface area contributed by atoms with E-state index in [1.54, 1.807) is 32.3 Å². The van der Waals surface area contributed by atoms with E-state index in [2.05, 4.69) is 11.6 Å². The van der Waals surface area contributed by atoms with Gasteiger partial charge in [-0.25, -0.2) is 9.78 Å². The molecule has 0 spiro atoms. The predicted molar refractivity (Wildman–Crippen MR) is 52.5 cm³/mol. The fourth-order valence-electron chi connectivity index (χ4n) is 0.996. The SMILES string of the molecule is C=CCC(C)C(=O)On1ccnc1C. The molecule has 1 rings (SSSR count). The Balaban J connectivity index is 2.57. The van der Waals surface area contributed by atoms with Crippen molar-refractivity contribution in [1.82, 2.24) is 9.71 Å². The standard InChI is InChI=1S/C10H14N2O2/c1-4-5-8(2)10(13)14-12-7-6-11-9(12)3/h4,6-8H,1,5H2,2-3H3. The Bertz CT molecular complexity index is 331. The molecule has 0 radical (unpaired) electrons. The summed E-state index contributed by atoms with van der Waals surface area (Å²) in [7, 11) is 0.